The molecule has 29 heavy (non-hydrogen) atoms. The van der Waals surface area contributed by atoms with Crippen LogP contribution in [-0.2, 0) is 4.79 Å². The second-order valence-corrected chi connectivity index (χ2v) is 6.37. The van der Waals surface area contributed by atoms with E-state index in [1.807, 2.05) is 0 Å². The Bertz CT molecular complexity index is 1010. The molecule has 2 aromatic heterocycles. The predicted octanol–water partition coefficient (Wildman–Crippen LogP) is 2.73. The zero-order valence-electron chi connectivity index (χ0n) is 14.9. The Morgan fingerprint density at radius 3 is 2.72 bits per heavy atom. The third kappa shape index (κ3) is 5.80. The minimum atomic E-state index is -0.980. The van der Waals surface area contributed by atoms with Crippen molar-refractivity contribution in [2.24, 2.45) is 5.73 Å². The number of hydrogen-bond acceptors (Lipinski definition) is 8. The summed E-state index contributed by atoms with van der Waals surface area (Å²) in [6, 6.07) is 7.15. The number of nitrogens with two attached hydrogens (primary N) is 1. The summed E-state index contributed by atoms with van der Waals surface area (Å²) < 4.78 is 19.2. The molecule has 11 heteroatoms. The van der Waals surface area contributed by atoms with Crippen LogP contribution in [0.5, 0.6) is 11.6 Å². The summed E-state index contributed by atoms with van der Waals surface area (Å²) in [5, 5.41) is 11.8. The number of pyridine rings is 1. The van der Waals surface area contributed by atoms with E-state index >= 15 is 0 Å². The first-order chi connectivity index (χ1) is 13.9. The van der Waals surface area contributed by atoms with Crippen molar-refractivity contribution in [3.8, 4) is 23.0 Å². The maximum atomic E-state index is 13.8. The lowest BCUT2D eigenvalue weighted by molar-refractivity contribution is -0.137. The van der Waals surface area contributed by atoms with Crippen LogP contribution in [0, 0.1) is 5.82 Å². The summed E-state index contributed by atoms with van der Waals surface area (Å²) in [6.07, 6.45) is 2.44. The van der Waals surface area contributed by atoms with E-state index in [4.69, 9.17) is 27.2 Å². The number of carboxylic acids is 1. The standard InChI is InChI=1S/C18H16ClFN6O3/c19-11-5-14(20)17(22-7-11)29-13-3-1-10(2-4-13)16-24-9-25-18(26-16)23-8-12(21)6-15(27)28/h1-5,7,9,12H,6,8,21H2,(H,27,28)(H,23,24,25,26). The number of hydrogen-bond donors (Lipinski definition) is 3. The number of benzene rings is 1. The molecular formula is C18H16ClFN6O3. The number of nitrogens with zero attached hydrogens (tertiary/aromatic N) is 4. The monoisotopic (exact) mass is 418 g/mol. The normalized spacial score (nSPS) is 11.7. The average Bonchev–Trinajstić information content (AvgIpc) is 2.69. The Hall–Kier alpha value is -3.37. The molecule has 0 amide bonds. The molecule has 0 spiro atoms. The molecule has 0 aliphatic rings. The zero-order valence-corrected chi connectivity index (χ0v) is 15.7. The molecule has 0 aliphatic heterocycles. The smallest absolute Gasteiger partial charge is 0.304 e. The van der Waals surface area contributed by atoms with Crippen molar-refractivity contribution < 1.29 is 19.0 Å². The maximum Gasteiger partial charge on any atom is 0.304 e. The van der Waals surface area contributed by atoms with Crippen molar-refractivity contribution in [3.63, 3.8) is 0 Å². The third-order valence-corrected chi connectivity index (χ3v) is 3.84. The molecule has 0 radical (unpaired) electrons. The molecule has 9 nitrogen and oxygen atoms in total. The number of nitrogens with one attached hydrogen (secondary N) is 1. The summed E-state index contributed by atoms with van der Waals surface area (Å²) in [5.41, 5.74) is 6.37. The van der Waals surface area contributed by atoms with Crippen LogP contribution in [0.4, 0.5) is 10.3 Å². The minimum absolute atomic E-state index is 0.171. The number of rotatable bonds is 8. The van der Waals surface area contributed by atoms with Gasteiger partial charge in [-0.3, -0.25) is 4.79 Å². The van der Waals surface area contributed by atoms with E-state index in [2.05, 4.69) is 25.3 Å². The van der Waals surface area contributed by atoms with Crippen molar-refractivity contribution in [2.75, 3.05) is 11.9 Å². The van der Waals surface area contributed by atoms with Crippen LogP contribution in [0.1, 0.15) is 6.42 Å². The molecule has 0 saturated heterocycles. The molecule has 0 saturated carbocycles. The van der Waals surface area contributed by atoms with Crippen LogP contribution in [0.15, 0.2) is 42.9 Å². The molecule has 0 bridgehead atoms. The first kappa shape index (κ1) is 20.4. The van der Waals surface area contributed by atoms with Crippen LogP contribution in [0.2, 0.25) is 5.02 Å². The lowest BCUT2D eigenvalue weighted by Crippen LogP contribution is -2.32. The number of carbonyl (C=O) groups is 1. The second kappa shape index (κ2) is 9.22. The predicted molar refractivity (Wildman–Crippen MR) is 103 cm³/mol. The van der Waals surface area contributed by atoms with Gasteiger partial charge in [-0.15, -0.1) is 0 Å². The van der Waals surface area contributed by atoms with E-state index in [9.17, 15) is 9.18 Å². The Labute approximate surface area is 169 Å². The zero-order chi connectivity index (χ0) is 20.8. The van der Waals surface area contributed by atoms with Gasteiger partial charge in [0.15, 0.2) is 11.6 Å². The molecule has 150 valence electrons. The summed E-state index contributed by atoms with van der Waals surface area (Å²) in [5.74, 6) is -0.816. The molecule has 3 rings (SSSR count). The van der Waals surface area contributed by atoms with E-state index in [0.717, 1.165) is 6.07 Å². The van der Waals surface area contributed by atoms with Crippen molar-refractivity contribution in [1.82, 2.24) is 19.9 Å². The Kier molecular flexibility index (Phi) is 6.47. The quantitative estimate of drug-likeness (QED) is 0.504. The van der Waals surface area contributed by atoms with Crippen LogP contribution in [0.25, 0.3) is 11.4 Å². The highest BCUT2D eigenvalue weighted by Gasteiger charge is 2.11. The van der Waals surface area contributed by atoms with Crippen LogP contribution in [0.3, 0.4) is 0 Å². The molecule has 1 aromatic carbocycles. The van der Waals surface area contributed by atoms with Gasteiger partial charge >= 0.3 is 5.97 Å². The number of aromatic nitrogens is 4. The highest BCUT2D eigenvalue weighted by atomic mass is 35.5. The SMILES string of the molecule is NC(CNc1ncnc(-c2ccc(Oc3ncc(Cl)cc3F)cc2)n1)CC(=O)O. The third-order valence-electron chi connectivity index (χ3n) is 3.63. The van der Waals surface area contributed by atoms with Crippen molar-refractivity contribution in [3.05, 3.63) is 53.7 Å². The van der Waals surface area contributed by atoms with Gasteiger partial charge in [0.25, 0.3) is 5.88 Å². The number of anilines is 1. The molecule has 0 fully saturated rings. The average molecular weight is 419 g/mol. The molecule has 4 N–H and O–H groups in total. The minimum Gasteiger partial charge on any atom is -0.481 e. The molecule has 3 aromatic rings. The molecule has 1 unspecified atom stereocenters. The lowest BCUT2D eigenvalue weighted by Gasteiger charge is -2.11. The molecule has 2 heterocycles. The van der Waals surface area contributed by atoms with Gasteiger partial charge in [-0.1, -0.05) is 11.6 Å². The van der Waals surface area contributed by atoms with Crippen molar-refractivity contribution >= 4 is 23.5 Å². The summed E-state index contributed by atoms with van der Waals surface area (Å²) in [7, 11) is 0. The van der Waals surface area contributed by atoms with Gasteiger partial charge < -0.3 is 20.9 Å². The fourth-order valence-corrected chi connectivity index (χ4v) is 2.44. The van der Waals surface area contributed by atoms with Crippen LogP contribution < -0.4 is 15.8 Å². The highest BCUT2D eigenvalue weighted by Crippen LogP contribution is 2.26. The van der Waals surface area contributed by atoms with E-state index < -0.39 is 17.8 Å². The summed E-state index contributed by atoms with van der Waals surface area (Å²) in [6.45, 7) is 0.197. The highest BCUT2D eigenvalue weighted by molar-refractivity contribution is 6.30. The largest absolute Gasteiger partial charge is 0.481 e. The van der Waals surface area contributed by atoms with E-state index in [0.29, 0.717) is 17.1 Å². The van der Waals surface area contributed by atoms with Gasteiger partial charge in [0.2, 0.25) is 5.95 Å². The molecular weight excluding hydrogens is 403 g/mol. The van der Waals surface area contributed by atoms with E-state index in [1.165, 1.54) is 12.5 Å². The number of carboxylic acid groups (broad SMARTS) is 1. The Morgan fingerprint density at radius 1 is 1.28 bits per heavy atom. The number of ether oxygens (including phenoxy) is 1. The molecule has 1 atom stereocenters. The van der Waals surface area contributed by atoms with Gasteiger partial charge in [0.05, 0.1) is 11.4 Å². The first-order valence-electron chi connectivity index (χ1n) is 8.40. The van der Waals surface area contributed by atoms with Gasteiger partial charge in [-0.25, -0.2) is 19.3 Å². The fraction of sp³-hybridized carbons (Fsp3) is 0.167. The van der Waals surface area contributed by atoms with Gasteiger partial charge in [0, 0.05) is 24.3 Å². The lowest BCUT2D eigenvalue weighted by atomic mass is 10.2. The Morgan fingerprint density at radius 2 is 2.03 bits per heavy atom. The number of halogens is 2. The first-order valence-corrected chi connectivity index (χ1v) is 8.78. The summed E-state index contributed by atoms with van der Waals surface area (Å²) >= 11 is 5.67. The molecule has 0 aliphatic carbocycles. The van der Waals surface area contributed by atoms with Crippen molar-refractivity contribution in [2.45, 2.75) is 12.5 Å². The number of aliphatic carboxylic acids is 1. The second-order valence-electron chi connectivity index (χ2n) is 5.94. The van der Waals surface area contributed by atoms with E-state index in [1.54, 1.807) is 24.3 Å². The van der Waals surface area contributed by atoms with Crippen molar-refractivity contribution in [1.29, 1.82) is 0 Å². The maximum absolute atomic E-state index is 13.8. The van der Waals surface area contributed by atoms with Gasteiger partial charge in [0.1, 0.15) is 12.1 Å². The van der Waals surface area contributed by atoms with Crippen LogP contribution >= 0.6 is 11.6 Å². The van der Waals surface area contributed by atoms with Gasteiger partial charge in [-0.05, 0) is 30.3 Å². The fourth-order valence-electron chi connectivity index (χ4n) is 2.30. The summed E-state index contributed by atoms with van der Waals surface area (Å²) in [4.78, 5) is 26.8. The topological polar surface area (TPSA) is 136 Å². The van der Waals surface area contributed by atoms with Crippen LogP contribution in [-0.4, -0.2) is 43.6 Å². The van der Waals surface area contributed by atoms with E-state index in [-0.39, 0.29) is 29.8 Å². The van der Waals surface area contributed by atoms with Gasteiger partial charge in [-0.2, -0.15) is 4.98 Å². The Balaban J connectivity index is 1.67.